The van der Waals surface area contributed by atoms with E-state index in [1.54, 1.807) is 0 Å². The molecule has 0 unspecified atom stereocenters. The van der Waals surface area contributed by atoms with Crippen LogP contribution in [0.3, 0.4) is 0 Å². The molecule has 0 bridgehead atoms. The lowest BCUT2D eigenvalue weighted by Crippen LogP contribution is -2.40. The number of hydrogen-bond acceptors (Lipinski definition) is 9. The Bertz CT molecular complexity index is 762. The number of hydrogen-bond donors (Lipinski definition) is 0. The lowest BCUT2D eigenvalue weighted by Gasteiger charge is -2.23. The topological polar surface area (TPSA) is 101 Å². The van der Waals surface area contributed by atoms with Crippen LogP contribution in [0.5, 0.6) is 0 Å². The summed E-state index contributed by atoms with van der Waals surface area (Å²) in [5, 5.41) is 0. The van der Waals surface area contributed by atoms with E-state index in [0.29, 0.717) is 19.4 Å². The molecule has 0 radical (unpaired) electrons. The molecule has 46 heavy (non-hydrogen) atoms. The zero-order valence-electron chi connectivity index (χ0n) is 30.0. The number of esters is 2. The molecule has 1 fully saturated rings. The van der Waals surface area contributed by atoms with Crippen LogP contribution in [0.15, 0.2) is 0 Å². The Labute approximate surface area is 281 Å². The van der Waals surface area contributed by atoms with E-state index < -0.39 is 24.5 Å². The van der Waals surface area contributed by atoms with Crippen molar-refractivity contribution in [2.75, 3.05) is 40.5 Å². The van der Waals surface area contributed by atoms with Gasteiger partial charge in [0.25, 0.3) is 0 Å². The van der Waals surface area contributed by atoms with E-state index >= 15 is 0 Å². The molecule has 1 saturated heterocycles. The minimum Gasteiger partial charge on any atom is -0.456 e. The summed E-state index contributed by atoms with van der Waals surface area (Å²) in [7, 11) is 3.77. The molecule has 1 aliphatic heterocycles. The predicted molar refractivity (Wildman–Crippen MR) is 183 cm³/mol. The van der Waals surface area contributed by atoms with Crippen molar-refractivity contribution in [3.8, 4) is 0 Å². The van der Waals surface area contributed by atoms with Crippen molar-refractivity contribution in [2.24, 2.45) is 0 Å². The van der Waals surface area contributed by atoms with Crippen LogP contribution in [0, 0.1) is 0 Å². The smallest absolute Gasteiger partial charge is 0.456 e. The van der Waals surface area contributed by atoms with Gasteiger partial charge in [0.05, 0.1) is 6.61 Å². The van der Waals surface area contributed by atoms with Crippen molar-refractivity contribution in [3.63, 3.8) is 0 Å². The highest BCUT2D eigenvalue weighted by Crippen LogP contribution is 2.24. The molecule has 270 valence electrons. The third-order valence-electron chi connectivity index (χ3n) is 8.60. The Hall–Kier alpha value is -1.87. The summed E-state index contributed by atoms with van der Waals surface area (Å²) in [4.78, 5) is 39.4. The van der Waals surface area contributed by atoms with Gasteiger partial charge in [0.2, 0.25) is 0 Å². The van der Waals surface area contributed by atoms with E-state index in [1.807, 2.05) is 19.0 Å². The van der Waals surface area contributed by atoms with Gasteiger partial charge in [-0.15, -0.1) is 0 Å². The number of likely N-dealkylation sites (N-methyl/N-ethyl adjacent to an activating group) is 1. The van der Waals surface area contributed by atoms with Gasteiger partial charge in [0, 0.05) is 19.4 Å². The van der Waals surface area contributed by atoms with E-state index in [9.17, 15) is 14.4 Å². The summed E-state index contributed by atoms with van der Waals surface area (Å²) in [6.45, 7) is 5.19. The molecule has 9 nitrogen and oxygen atoms in total. The minimum absolute atomic E-state index is 0.0872. The molecule has 3 atom stereocenters. The lowest BCUT2D eigenvalue weighted by atomic mass is 10.1. The van der Waals surface area contributed by atoms with Crippen molar-refractivity contribution in [2.45, 2.75) is 180 Å². The first-order valence-electron chi connectivity index (χ1n) is 18.8. The fourth-order valence-corrected chi connectivity index (χ4v) is 5.68. The molecule has 0 aliphatic carbocycles. The van der Waals surface area contributed by atoms with Crippen LogP contribution < -0.4 is 0 Å². The standard InChI is InChI=1S/C37H69NO8/c1-5-7-9-11-13-15-17-19-21-23-25-27-35(40)46-36-32(30-44-37(41)42-29-28-38(3)4)43-31-33(36)45-34(39)26-24-22-20-18-16-14-12-10-8-6-2/h32-33,36H,5-31H2,1-4H3/t32-,33+,36+/m1/s1. The number of ether oxygens (including phenoxy) is 5. The van der Waals surface area contributed by atoms with Gasteiger partial charge in [-0.2, -0.15) is 0 Å². The largest absolute Gasteiger partial charge is 0.508 e. The maximum Gasteiger partial charge on any atom is 0.508 e. The monoisotopic (exact) mass is 656 g/mol. The van der Waals surface area contributed by atoms with Gasteiger partial charge >= 0.3 is 18.1 Å². The number of rotatable bonds is 30. The molecule has 0 N–H and O–H groups in total. The van der Waals surface area contributed by atoms with E-state index in [4.69, 9.17) is 23.7 Å². The summed E-state index contributed by atoms with van der Waals surface area (Å²) < 4.78 is 27.7. The quantitative estimate of drug-likeness (QED) is 0.0426. The maximum atomic E-state index is 12.8. The average molecular weight is 656 g/mol. The summed E-state index contributed by atoms with van der Waals surface area (Å²) in [5.74, 6) is -0.662. The first-order valence-corrected chi connectivity index (χ1v) is 18.8. The normalized spacial score (nSPS) is 17.7. The van der Waals surface area contributed by atoms with Crippen LogP contribution >= 0.6 is 0 Å². The Morgan fingerprint density at radius 3 is 1.50 bits per heavy atom. The molecule has 9 heteroatoms. The predicted octanol–water partition coefficient (Wildman–Crippen LogP) is 8.94. The summed E-state index contributed by atoms with van der Waals surface area (Å²) in [5.41, 5.74) is 0. The molecule has 1 aliphatic rings. The zero-order valence-corrected chi connectivity index (χ0v) is 30.0. The Balaban J connectivity index is 2.42. The van der Waals surface area contributed by atoms with Gasteiger partial charge in [-0.1, -0.05) is 136 Å². The fraction of sp³-hybridized carbons (Fsp3) is 0.919. The van der Waals surface area contributed by atoms with Crippen LogP contribution in [0.4, 0.5) is 4.79 Å². The number of nitrogens with zero attached hydrogens (tertiary/aromatic N) is 1. The van der Waals surface area contributed by atoms with Crippen LogP contribution in [-0.4, -0.2) is 81.8 Å². The number of unbranched alkanes of at least 4 members (excludes halogenated alkanes) is 19. The van der Waals surface area contributed by atoms with E-state index in [2.05, 4.69) is 13.8 Å². The third kappa shape index (κ3) is 23.4. The van der Waals surface area contributed by atoms with Gasteiger partial charge in [-0.25, -0.2) is 4.79 Å². The van der Waals surface area contributed by atoms with Crippen LogP contribution in [0.1, 0.15) is 162 Å². The molecular weight excluding hydrogens is 586 g/mol. The molecule has 0 aromatic rings. The zero-order chi connectivity index (χ0) is 33.7. The first-order chi connectivity index (χ1) is 22.4. The molecule has 0 aromatic heterocycles. The van der Waals surface area contributed by atoms with Crippen molar-refractivity contribution in [1.82, 2.24) is 4.90 Å². The van der Waals surface area contributed by atoms with Crippen molar-refractivity contribution in [1.29, 1.82) is 0 Å². The maximum absolute atomic E-state index is 12.8. The molecule has 1 rings (SSSR count). The Morgan fingerprint density at radius 2 is 1.04 bits per heavy atom. The highest BCUT2D eigenvalue weighted by molar-refractivity contribution is 5.70. The summed E-state index contributed by atoms with van der Waals surface area (Å²) in [6.07, 6.45) is 22.6. The molecular formula is C37H69NO8. The molecule has 0 saturated carbocycles. The average Bonchev–Trinajstić information content (AvgIpc) is 3.39. The van der Waals surface area contributed by atoms with Gasteiger partial charge in [-0.05, 0) is 26.9 Å². The molecule has 0 aromatic carbocycles. The second kappa shape index (κ2) is 29.3. The SMILES string of the molecule is CCCCCCCCCCCCCC(=O)O[C@@H]1[C@@H](OC(=O)CCCCCCCCCCCC)CO[C@@H]1COC(=O)OCCN(C)C. The first kappa shape index (κ1) is 42.2. The van der Waals surface area contributed by atoms with Crippen LogP contribution in [0.25, 0.3) is 0 Å². The fourth-order valence-electron chi connectivity index (χ4n) is 5.68. The van der Waals surface area contributed by atoms with E-state index in [0.717, 1.165) is 38.5 Å². The summed E-state index contributed by atoms with van der Waals surface area (Å²) in [6, 6.07) is 0. The molecule has 0 spiro atoms. The third-order valence-corrected chi connectivity index (χ3v) is 8.60. The minimum atomic E-state index is -0.827. The second-order valence-electron chi connectivity index (χ2n) is 13.3. The van der Waals surface area contributed by atoms with E-state index in [-0.39, 0.29) is 31.8 Å². The van der Waals surface area contributed by atoms with Crippen molar-refractivity contribution < 1.29 is 38.1 Å². The summed E-state index contributed by atoms with van der Waals surface area (Å²) >= 11 is 0. The van der Waals surface area contributed by atoms with Crippen LogP contribution in [-0.2, 0) is 33.3 Å². The molecule has 0 amide bonds. The van der Waals surface area contributed by atoms with Gasteiger partial charge < -0.3 is 28.6 Å². The second-order valence-corrected chi connectivity index (χ2v) is 13.3. The van der Waals surface area contributed by atoms with E-state index in [1.165, 1.54) is 96.3 Å². The molecule has 1 heterocycles. The highest BCUT2D eigenvalue weighted by Gasteiger charge is 2.43. The van der Waals surface area contributed by atoms with Crippen molar-refractivity contribution in [3.05, 3.63) is 0 Å². The Kier molecular flexibility index (Phi) is 26.8. The Morgan fingerprint density at radius 1 is 0.609 bits per heavy atom. The number of carbonyl (C=O) groups excluding carboxylic acids is 3. The van der Waals surface area contributed by atoms with Crippen LogP contribution in [0.2, 0.25) is 0 Å². The van der Waals surface area contributed by atoms with Crippen molar-refractivity contribution >= 4 is 18.1 Å². The lowest BCUT2D eigenvalue weighted by molar-refractivity contribution is -0.166. The van der Waals surface area contributed by atoms with Gasteiger partial charge in [-0.3, -0.25) is 9.59 Å². The van der Waals surface area contributed by atoms with Gasteiger partial charge in [0.15, 0.2) is 12.2 Å². The highest BCUT2D eigenvalue weighted by atomic mass is 16.7. The van der Waals surface area contributed by atoms with Gasteiger partial charge in [0.1, 0.15) is 19.3 Å². The number of carbonyl (C=O) groups is 3.